The van der Waals surface area contributed by atoms with E-state index in [9.17, 15) is 9.59 Å². The number of amides is 1. The topological polar surface area (TPSA) is 90.0 Å². The van der Waals surface area contributed by atoms with Gasteiger partial charge in [-0.05, 0) is 12.1 Å². The van der Waals surface area contributed by atoms with Crippen LogP contribution in [0.15, 0.2) is 70.2 Å². The maximum absolute atomic E-state index is 12.6. The molecule has 2 aromatic carbocycles. The van der Waals surface area contributed by atoms with Crippen LogP contribution >= 0.6 is 11.6 Å². The number of nitrogens with zero attached hydrogens (tertiary/aromatic N) is 3. The monoisotopic (exact) mass is 394 g/mol. The standard InChI is InChI=1S/C20H15ClN4O3/c21-14-8-4-5-9-15(14)23-16(26)10-11-25-12-22-18-17(13-6-2-1-3-7-13)24-28-19(18)20(25)27/h1-9,12H,10-11H2,(H,23,26). The summed E-state index contributed by atoms with van der Waals surface area (Å²) in [5, 5.41) is 7.15. The van der Waals surface area contributed by atoms with E-state index in [1.807, 2.05) is 30.3 Å². The van der Waals surface area contributed by atoms with E-state index in [-0.39, 0.29) is 30.0 Å². The third kappa shape index (κ3) is 3.52. The molecule has 0 saturated carbocycles. The molecule has 28 heavy (non-hydrogen) atoms. The second-order valence-electron chi connectivity index (χ2n) is 6.10. The molecular weight excluding hydrogens is 380 g/mol. The Kier molecular flexibility index (Phi) is 4.90. The van der Waals surface area contributed by atoms with Crippen LogP contribution in [0.5, 0.6) is 0 Å². The summed E-state index contributed by atoms with van der Waals surface area (Å²) < 4.78 is 6.56. The van der Waals surface area contributed by atoms with E-state index in [0.29, 0.717) is 21.9 Å². The summed E-state index contributed by atoms with van der Waals surface area (Å²) in [6.45, 7) is 0.152. The van der Waals surface area contributed by atoms with Crippen molar-refractivity contribution in [1.29, 1.82) is 0 Å². The van der Waals surface area contributed by atoms with Gasteiger partial charge in [0, 0.05) is 18.5 Å². The van der Waals surface area contributed by atoms with Crippen molar-refractivity contribution in [3.8, 4) is 11.3 Å². The quantitative estimate of drug-likeness (QED) is 0.557. The molecule has 140 valence electrons. The summed E-state index contributed by atoms with van der Waals surface area (Å²) in [5.41, 5.74) is 1.92. The van der Waals surface area contributed by atoms with Gasteiger partial charge in [0.25, 0.3) is 11.1 Å². The maximum Gasteiger partial charge on any atom is 0.299 e. The molecule has 4 aromatic rings. The molecule has 2 heterocycles. The molecule has 0 radical (unpaired) electrons. The highest BCUT2D eigenvalue weighted by Crippen LogP contribution is 2.24. The third-order valence-corrected chi connectivity index (χ3v) is 4.55. The van der Waals surface area contributed by atoms with Crippen LogP contribution in [-0.2, 0) is 11.3 Å². The second-order valence-corrected chi connectivity index (χ2v) is 6.50. The zero-order valence-corrected chi connectivity index (χ0v) is 15.4. The van der Waals surface area contributed by atoms with Gasteiger partial charge in [-0.1, -0.05) is 59.2 Å². The number of carbonyl (C=O) groups is 1. The Morgan fingerprint density at radius 2 is 1.86 bits per heavy atom. The number of nitrogens with one attached hydrogen (secondary N) is 1. The molecule has 0 fully saturated rings. The highest BCUT2D eigenvalue weighted by Gasteiger charge is 2.16. The van der Waals surface area contributed by atoms with Crippen molar-refractivity contribution in [2.75, 3.05) is 5.32 Å². The predicted octanol–water partition coefficient (Wildman–Crippen LogP) is 3.73. The fraction of sp³-hybridized carbons (Fsp3) is 0.100. The fourth-order valence-electron chi connectivity index (χ4n) is 2.80. The summed E-state index contributed by atoms with van der Waals surface area (Å²) in [5.74, 6) is -0.261. The van der Waals surface area contributed by atoms with E-state index < -0.39 is 0 Å². The van der Waals surface area contributed by atoms with Gasteiger partial charge >= 0.3 is 0 Å². The van der Waals surface area contributed by atoms with Crippen LogP contribution in [0.3, 0.4) is 0 Å². The van der Waals surface area contributed by atoms with E-state index in [2.05, 4.69) is 15.5 Å². The molecule has 2 aromatic heterocycles. The molecule has 0 aliphatic rings. The predicted molar refractivity (Wildman–Crippen MR) is 106 cm³/mol. The average molecular weight is 395 g/mol. The van der Waals surface area contributed by atoms with Crippen LogP contribution in [0, 0.1) is 0 Å². The van der Waals surface area contributed by atoms with Crippen molar-refractivity contribution in [2.45, 2.75) is 13.0 Å². The largest absolute Gasteiger partial charge is 0.348 e. The zero-order valence-electron chi connectivity index (χ0n) is 14.6. The molecule has 0 spiro atoms. The molecule has 8 heteroatoms. The Hall–Kier alpha value is -3.45. The van der Waals surface area contributed by atoms with Crippen molar-refractivity contribution in [3.63, 3.8) is 0 Å². The van der Waals surface area contributed by atoms with Gasteiger partial charge < -0.3 is 9.84 Å². The SMILES string of the molecule is O=C(CCn1cnc2c(-c3ccccc3)noc2c1=O)Nc1ccccc1Cl. The number of fused-ring (bicyclic) bond motifs is 1. The van der Waals surface area contributed by atoms with Crippen molar-refractivity contribution < 1.29 is 9.32 Å². The van der Waals surface area contributed by atoms with Gasteiger partial charge in [-0.15, -0.1) is 0 Å². The molecule has 4 rings (SSSR count). The number of halogens is 1. The number of anilines is 1. The van der Waals surface area contributed by atoms with Gasteiger partial charge in [-0.3, -0.25) is 14.2 Å². The molecule has 0 atom stereocenters. The smallest absolute Gasteiger partial charge is 0.299 e. The second kappa shape index (κ2) is 7.66. The Morgan fingerprint density at radius 1 is 1.11 bits per heavy atom. The maximum atomic E-state index is 12.6. The first-order chi connectivity index (χ1) is 13.6. The molecule has 0 unspecified atom stereocenters. The fourth-order valence-corrected chi connectivity index (χ4v) is 2.98. The summed E-state index contributed by atoms with van der Waals surface area (Å²) in [6, 6.07) is 16.3. The number of carbonyl (C=O) groups excluding carboxylic acids is 1. The molecule has 1 N–H and O–H groups in total. The average Bonchev–Trinajstić information content (AvgIpc) is 3.15. The lowest BCUT2D eigenvalue weighted by atomic mass is 10.1. The lowest BCUT2D eigenvalue weighted by Gasteiger charge is -2.08. The van der Waals surface area contributed by atoms with Crippen molar-refractivity contribution >= 4 is 34.3 Å². The summed E-state index contributed by atoms with van der Waals surface area (Å²) in [4.78, 5) is 29.1. The van der Waals surface area contributed by atoms with E-state index in [4.69, 9.17) is 16.1 Å². The minimum Gasteiger partial charge on any atom is -0.348 e. The highest BCUT2D eigenvalue weighted by atomic mass is 35.5. The number of hydrogen-bond acceptors (Lipinski definition) is 5. The van der Waals surface area contributed by atoms with E-state index in [1.165, 1.54) is 10.9 Å². The Labute approximate surface area is 164 Å². The van der Waals surface area contributed by atoms with Crippen molar-refractivity contribution in [3.05, 3.63) is 76.3 Å². The number of rotatable bonds is 5. The Balaban J connectivity index is 1.52. The van der Waals surface area contributed by atoms with E-state index in [1.54, 1.807) is 24.3 Å². The first kappa shape index (κ1) is 17.9. The van der Waals surface area contributed by atoms with Gasteiger partial charge in [-0.25, -0.2) is 4.98 Å². The van der Waals surface area contributed by atoms with Crippen LogP contribution in [0.4, 0.5) is 5.69 Å². The van der Waals surface area contributed by atoms with Gasteiger partial charge in [0.05, 0.1) is 17.0 Å². The number of aromatic nitrogens is 3. The molecule has 0 aliphatic carbocycles. The minimum atomic E-state index is -0.384. The van der Waals surface area contributed by atoms with Crippen LogP contribution in [0.1, 0.15) is 6.42 Å². The van der Waals surface area contributed by atoms with Crippen molar-refractivity contribution in [2.24, 2.45) is 0 Å². The van der Waals surface area contributed by atoms with E-state index in [0.717, 1.165) is 5.56 Å². The molecular formula is C20H15ClN4O3. The van der Waals surface area contributed by atoms with Gasteiger partial charge in [-0.2, -0.15) is 0 Å². The summed E-state index contributed by atoms with van der Waals surface area (Å²) in [7, 11) is 0. The number of hydrogen-bond donors (Lipinski definition) is 1. The normalized spacial score (nSPS) is 10.9. The first-order valence-corrected chi connectivity index (χ1v) is 8.96. The lowest BCUT2D eigenvalue weighted by Crippen LogP contribution is -2.23. The Bertz CT molecular complexity index is 1200. The van der Waals surface area contributed by atoms with Crippen molar-refractivity contribution in [1.82, 2.24) is 14.7 Å². The molecule has 0 bridgehead atoms. The van der Waals surface area contributed by atoms with Crippen LogP contribution < -0.4 is 10.9 Å². The first-order valence-electron chi connectivity index (χ1n) is 8.58. The lowest BCUT2D eigenvalue weighted by molar-refractivity contribution is -0.116. The van der Waals surface area contributed by atoms with Crippen LogP contribution in [-0.4, -0.2) is 20.6 Å². The molecule has 0 saturated heterocycles. The van der Waals surface area contributed by atoms with Crippen LogP contribution in [0.25, 0.3) is 22.4 Å². The number of aryl methyl sites for hydroxylation is 1. The molecule has 1 amide bonds. The summed E-state index contributed by atoms with van der Waals surface area (Å²) >= 11 is 6.03. The Morgan fingerprint density at radius 3 is 2.64 bits per heavy atom. The highest BCUT2D eigenvalue weighted by molar-refractivity contribution is 6.33. The third-order valence-electron chi connectivity index (χ3n) is 4.22. The van der Waals surface area contributed by atoms with Gasteiger partial charge in [0.2, 0.25) is 5.91 Å². The summed E-state index contributed by atoms with van der Waals surface area (Å²) in [6.07, 6.45) is 1.48. The van der Waals surface area contributed by atoms with Crippen LogP contribution in [0.2, 0.25) is 5.02 Å². The van der Waals surface area contributed by atoms with E-state index >= 15 is 0 Å². The number of benzene rings is 2. The molecule has 7 nitrogen and oxygen atoms in total. The zero-order chi connectivity index (χ0) is 19.5. The minimum absolute atomic E-state index is 0.0628. The van der Waals surface area contributed by atoms with Gasteiger partial charge in [0.15, 0.2) is 0 Å². The van der Waals surface area contributed by atoms with Gasteiger partial charge in [0.1, 0.15) is 11.2 Å². The number of para-hydroxylation sites is 1. The molecule has 0 aliphatic heterocycles.